The summed E-state index contributed by atoms with van der Waals surface area (Å²) in [5.41, 5.74) is 0.359. The third-order valence-corrected chi connectivity index (χ3v) is 5.10. The van der Waals surface area contributed by atoms with Crippen LogP contribution in [0.3, 0.4) is 0 Å². The highest BCUT2D eigenvalue weighted by atomic mass is 19.4. The minimum Gasteiger partial charge on any atom is -0.417 e. The Labute approximate surface area is 168 Å². The Balaban J connectivity index is 1.41. The van der Waals surface area contributed by atoms with Gasteiger partial charge in [0.05, 0.1) is 23.1 Å². The number of carbonyl (C=O) groups is 1. The van der Waals surface area contributed by atoms with E-state index >= 15 is 0 Å². The molecule has 0 unspecified atom stereocenters. The van der Waals surface area contributed by atoms with E-state index in [0.717, 1.165) is 0 Å². The number of likely N-dealkylation sites (tertiary alicyclic amines) is 1. The minimum absolute atomic E-state index is 0.0737. The van der Waals surface area contributed by atoms with E-state index in [2.05, 4.69) is 15.2 Å². The normalized spacial score (nSPS) is 17.4. The van der Waals surface area contributed by atoms with Gasteiger partial charge in [-0.25, -0.2) is 4.98 Å². The lowest BCUT2D eigenvalue weighted by Crippen LogP contribution is -2.39. The maximum absolute atomic E-state index is 12.7. The number of carbonyl (C=O) groups excluding carboxylic acids is 1. The van der Waals surface area contributed by atoms with Gasteiger partial charge in [0.1, 0.15) is 0 Å². The molecule has 0 N–H and O–H groups in total. The molecule has 1 aliphatic rings. The van der Waals surface area contributed by atoms with Gasteiger partial charge in [-0.1, -0.05) is 12.1 Å². The first kappa shape index (κ1) is 20.0. The van der Waals surface area contributed by atoms with Crippen LogP contribution in [0.25, 0.3) is 10.9 Å². The summed E-state index contributed by atoms with van der Waals surface area (Å²) in [5, 5.41) is 7.03. The fourth-order valence-corrected chi connectivity index (χ4v) is 3.56. The standard InChI is InChI=1S/C19H18F3N5O3/c20-19(21,22)18-25-24-16(30-18)12-4-3-8-26(10-12)15(28)7-9-27-11-23-14-6-2-1-5-13(14)17(27)29/h1-2,5-6,11-12H,3-4,7-10H2/t12-/m1/s1. The van der Waals surface area contributed by atoms with Crippen LogP contribution in [0.5, 0.6) is 0 Å². The molecule has 11 heteroatoms. The summed E-state index contributed by atoms with van der Waals surface area (Å²) >= 11 is 0. The number of piperidine rings is 1. The maximum Gasteiger partial charge on any atom is 0.470 e. The average molecular weight is 421 g/mol. The first-order chi connectivity index (χ1) is 14.3. The molecule has 0 saturated carbocycles. The smallest absolute Gasteiger partial charge is 0.417 e. The molecule has 30 heavy (non-hydrogen) atoms. The van der Waals surface area contributed by atoms with Crippen LogP contribution < -0.4 is 5.56 Å². The highest BCUT2D eigenvalue weighted by Crippen LogP contribution is 2.32. The molecule has 0 radical (unpaired) electrons. The van der Waals surface area contributed by atoms with Crippen molar-refractivity contribution >= 4 is 16.8 Å². The number of aryl methyl sites for hydroxylation is 1. The summed E-state index contributed by atoms with van der Waals surface area (Å²) < 4.78 is 44.2. The second-order valence-electron chi connectivity index (χ2n) is 7.13. The third kappa shape index (κ3) is 4.05. The van der Waals surface area contributed by atoms with Crippen molar-refractivity contribution in [2.75, 3.05) is 13.1 Å². The number of halogens is 3. The monoisotopic (exact) mass is 421 g/mol. The average Bonchev–Trinajstić information content (AvgIpc) is 3.24. The van der Waals surface area contributed by atoms with Gasteiger partial charge in [-0.15, -0.1) is 10.2 Å². The topological polar surface area (TPSA) is 94.1 Å². The second-order valence-corrected chi connectivity index (χ2v) is 7.13. The second kappa shape index (κ2) is 7.88. The number of hydrogen-bond acceptors (Lipinski definition) is 6. The number of alkyl halides is 3. The molecule has 1 atom stereocenters. The van der Waals surface area contributed by atoms with Crippen molar-refractivity contribution < 1.29 is 22.4 Å². The Morgan fingerprint density at radius 2 is 2.03 bits per heavy atom. The van der Waals surface area contributed by atoms with E-state index < -0.39 is 18.0 Å². The molecular weight excluding hydrogens is 403 g/mol. The van der Waals surface area contributed by atoms with E-state index in [9.17, 15) is 22.8 Å². The third-order valence-electron chi connectivity index (χ3n) is 5.10. The molecular formula is C19H18F3N5O3. The van der Waals surface area contributed by atoms with Crippen molar-refractivity contribution in [1.82, 2.24) is 24.6 Å². The maximum atomic E-state index is 12.7. The van der Waals surface area contributed by atoms with E-state index in [1.807, 2.05) is 0 Å². The van der Waals surface area contributed by atoms with E-state index in [0.29, 0.717) is 30.3 Å². The molecule has 3 heterocycles. The van der Waals surface area contributed by atoms with Gasteiger partial charge < -0.3 is 9.32 Å². The Morgan fingerprint density at radius 3 is 2.80 bits per heavy atom. The van der Waals surface area contributed by atoms with Crippen molar-refractivity contribution in [3.05, 3.63) is 52.7 Å². The number of fused-ring (bicyclic) bond motifs is 1. The molecule has 1 amide bonds. The fourth-order valence-electron chi connectivity index (χ4n) is 3.56. The predicted molar refractivity (Wildman–Crippen MR) is 98.5 cm³/mol. The van der Waals surface area contributed by atoms with E-state index in [-0.39, 0.29) is 36.9 Å². The van der Waals surface area contributed by atoms with Gasteiger partial charge in [-0.3, -0.25) is 14.2 Å². The first-order valence-corrected chi connectivity index (χ1v) is 9.45. The fraction of sp³-hybridized carbons (Fsp3) is 0.421. The van der Waals surface area contributed by atoms with Crippen LogP contribution in [-0.4, -0.2) is 43.6 Å². The minimum atomic E-state index is -4.70. The molecule has 1 aromatic carbocycles. The SMILES string of the molecule is O=C(CCn1cnc2ccccc2c1=O)N1CCC[C@@H](c2nnc(C(F)(F)F)o2)C1. The van der Waals surface area contributed by atoms with Crippen molar-refractivity contribution in [3.63, 3.8) is 0 Å². The van der Waals surface area contributed by atoms with Gasteiger partial charge in [-0.05, 0) is 25.0 Å². The quantitative estimate of drug-likeness (QED) is 0.643. The molecule has 0 bridgehead atoms. The summed E-state index contributed by atoms with van der Waals surface area (Å²) in [6.07, 6.45) is -2.05. The molecule has 0 spiro atoms. The number of hydrogen-bond donors (Lipinski definition) is 0. The van der Waals surface area contributed by atoms with E-state index in [4.69, 9.17) is 4.42 Å². The van der Waals surface area contributed by atoms with E-state index in [1.54, 1.807) is 29.2 Å². The van der Waals surface area contributed by atoms with Gasteiger partial charge in [0.25, 0.3) is 5.56 Å². The molecule has 1 aliphatic heterocycles. The zero-order chi connectivity index (χ0) is 21.3. The lowest BCUT2D eigenvalue weighted by atomic mass is 9.98. The molecule has 3 aromatic rings. The highest BCUT2D eigenvalue weighted by molar-refractivity contribution is 5.77. The number of aromatic nitrogens is 4. The summed E-state index contributed by atoms with van der Waals surface area (Å²) in [5.74, 6) is -2.15. The van der Waals surface area contributed by atoms with Gasteiger partial charge in [0.15, 0.2) is 0 Å². The lowest BCUT2D eigenvalue weighted by Gasteiger charge is -2.31. The Morgan fingerprint density at radius 1 is 1.23 bits per heavy atom. The van der Waals surface area contributed by atoms with Crippen molar-refractivity contribution in [2.45, 2.75) is 37.9 Å². The van der Waals surface area contributed by atoms with E-state index in [1.165, 1.54) is 10.9 Å². The van der Waals surface area contributed by atoms with Gasteiger partial charge >= 0.3 is 12.1 Å². The van der Waals surface area contributed by atoms with Crippen LogP contribution >= 0.6 is 0 Å². The zero-order valence-electron chi connectivity index (χ0n) is 15.8. The van der Waals surface area contributed by atoms with Crippen molar-refractivity contribution in [1.29, 1.82) is 0 Å². The Hall–Kier alpha value is -3.24. The summed E-state index contributed by atoms with van der Waals surface area (Å²) in [6.45, 7) is 0.846. The number of rotatable bonds is 4. The lowest BCUT2D eigenvalue weighted by molar-refractivity contribution is -0.157. The molecule has 0 aliphatic carbocycles. The van der Waals surface area contributed by atoms with Crippen molar-refractivity contribution in [2.24, 2.45) is 0 Å². The molecule has 158 valence electrons. The number of amides is 1. The van der Waals surface area contributed by atoms with Crippen LogP contribution in [0, 0.1) is 0 Å². The predicted octanol–water partition coefficient (Wildman–Crippen LogP) is 2.59. The first-order valence-electron chi connectivity index (χ1n) is 9.45. The van der Waals surface area contributed by atoms with Crippen LogP contribution in [0.15, 0.2) is 39.8 Å². The number of nitrogens with zero attached hydrogens (tertiary/aromatic N) is 5. The molecule has 1 saturated heterocycles. The zero-order valence-corrected chi connectivity index (χ0v) is 15.8. The number of para-hydroxylation sites is 1. The highest BCUT2D eigenvalue weighted by Gasteiger charge is 2.39. The molecule has 8 nitrogen and oxygen atoms in total. The van der Waals surface area contributed by atoms with Crippen LogP contribution in [0.2, 0.25) is 0 Å². The van der Waals surface area contributed by atoms with Crippen LogP contribution in [-0.2, 0) is 17.5 Å². The summed E-state index contributed by atoms with van der Waals surface area (Å²) in [6, 6.07) is 6.95. The van der Waals surface area contributed by atoms with Crippen LogP contribution in [0.4, 0.5) is 13.2 Å². The molecule has 4 rings (SSSR count). The molecule has 1 fully saturated rings. The van der Waals surface area contributed by atoms with Gasteiger partial charge in [0, 0.05) is 26.1 Å². The van der Waals surface area contributed by atoms with Gasteiger partial charge in [-0.2, -0.15) is 13.2 Å². The largest absolute Gasteiger partial charge is 0.470 e. The Kier molecular flexibility index (Phi) is 5.27. The van der Waals surface area contributed by atoms with Crippen LogP contribution in [0.1, 0.15) is 37.0 Å². The molecule has 2 aromatic heterocycles. The summed E-state index contributed by atoms with van der Waals surface area (Å²) in [4.78, 5) is 30.9. The summed E-state index contributed by atoms with van der Waals surface area (Å²) in [7, 11) is 0. The van der Waals surface area contributed by atoms with Crippen molar-refractivity contribution in [3.8, 4) is 0 Å². The Bertz CT molecular complexity index is 1120. The van der Waals surface area contributed by atoms with Gasteiger partial charge in [0.2, 0.25) is 11.8 Å². The number of benzene rings is 1.